The molecule has 1 saturated carbocycles. The Kier molecular flexibility index (Phi) is 2.56. The van der Waals surface area contributed by atoms with Crippen molar-refractivity contribution in [1.82, 2.24) is 4.90 Å². The molecule has 0 aliphatic heterocycles. The van der Waals surface area contributed by atoms with Gasteiger partial charge in [0.25, 0.3) is 0 Å². The predicted octanol–water partition coefficient (Wildman–Crippen LogP) is 1.51. The molecular formula is C11H16N2OS. The number of amides is 1. The maximum Gasteiger partial charge on any atom is 0.242 e. The van der Waals surface area contributed by atoms with E-state index in [4.69, 9.17) is 5.73 Å². The van der Waals surface area contributed by atoms with E-state index in [2.05, 4.69) is 19.1 Å². The summed E-state index contributed by atoms with van der Waals surface area (Å²) < 4.78 is 0. The van der Waals surface area contributed by atoms with Gasteiger partial charge in [-0.1, -0.05) is 0 Å². The van der Waals surface area contributed by atoms with E-state index < -0.39 is 5.54 Å². The second-order valence-electron chi connectivity index (χ2n) is 4.33. The van der Waals surface area contributed by atoms with Crippen LogP contribution in [0.4, 0.5) is 0 Å². The first-order chi connectivity index (χ1) is 7.01. The molecule has 0 saturated heterocycles. The number of thiophene rings is 1. The zero-order chi connectivity index (χ0) is 11.1. The highest BCUT2D eigenvalue weighted by Gasteiger charge is 2.47. The predicted molar refractivity (Wildman–Crippen MR) is 61.7 cm³/mol. The molecule has 1 aliphatic rings. The molecule has 0 radical (unpaired) electrons. The van der Waals surface area contributed by atoms with Gasteiger partial charge >= 0.3 is 0 Å². The van der Waals surface area contributed by atoms with Crippen molar-refractivity contribution >= 4 is 17.2 Å². The monoisotopic (exact) mass is 224 g/mol. The highest BCUT2D eigenvalue weighted by molar-refractivity contribution is 7.11. The maximum atomic E-state index is 11.8. The number of rotatable bonds is 3. The molecule has 0 spiro atoms. The molecule has 3 nitrogen and oxygen atoms in total. The molecular weight excluding hydrogens is 208 g/mol. The van der Waals surface area contributed by atoms with Crippen LogP contribution < -0.4 is 5.73 Å². The summed E-state index contributed by atoms with van der Waals surface area (Å²) in [5.74, 6) is 0.0774. The summed E-state index contributed by atoms with van der Waals surface area (Å²) in [5.41, 5.74) is 5.32. The lowest BCUT2D eigenvalue weighted by molar-refractivity contribution is -0.132. The van der Waals surface area contributed by atoms with Gasteiger partial charge in [0.15, 0.2) is 0 Å². The minimum Gasteiger partial charge on any atom is -0.339 e. The lowest BCUT2D eigenvalue weighted by Crippen LogP contribution is -2.43. The summed E-state index contributed by atoms with van der Waals surface area (Å²) in [6, 6.07) is 4.15. The number of carbonyl (C=O) groups excluding carboxylic acids is 1. The third kappa shape index (κ3) is 2.21. The topological polar surface area (TPSA) is 46.3 Å². The summed E-state index contributed by atoms with van der Waals surface area (Å²) in [6.45, 7) is 2.75. The molecule has 1 amide bonds. The molecule has 1 aromatic heterocycles. The minimum absolute atomic E-state index is 0.0774. The van der Waals surface area contributed by atoms with Crippen LogP contribution in [0.2, 0.25) is 0 Å². The van der Waals surface area contributed by atoms with E-state index >= 15 is 0 Å². The van der Waals surface area contributed by atoms with Crippen molar-refractivity contribution in [2.24, 2.45) is 5.73 Å². The minimum atomic E-state index is -0.541. The fourth-order valence-electron chi connectivity index (χ4n) is 1.60. The van der Waals surface area contributed by atoms with Gasteiger partial charge in [-0.2, -0.15) is 0 Å². The van der Waals surface area contributed by atoms with Crippen molar-refractivity contribution in [2.45, 2.75) is 31.8 Å². The van der Waals surface area contributed by atoms with Crippen LogP contribution >= 0.6 is 11.3 Å². The average molecular weight is 224 g/mol. The Morgan fingerprint density at radius 3 is 2.73 bits per heavy atom. The Hall–Kier alpha value is -0.870. The van der Waals surface area contributed by atoms with Crippen LogP contribution in [0.15, 0.2) is 12.1 Å². The van der Waals surface area contributed by atoms with E-state index in [1.807, 2.05) is 7.05 Å². The van der Waals surface area contributed by atoms with Crippen LogP contribution in [0.3, 0.4) is 0 Å². The summed E-state index contributed by atoms with van der Waals surface area (Å²) in [5, 5.41) is 0. The van der Waals surface area contributed by atoms with Crippen LogP contribution in [-0.2, 0) is 11.3 Å². The van der Waals surface area contributed by atoms with Crippen molar-refractivity contribution in [3.8, 4) is 0 Å². The molecule has 15 heavy (non-hydrogen) atoms. The van der Waals surface area contributed by atoms with E-state index in [9.17, 15) is 4.79 Å². The van der Waals surface area contributed by atoms with Crippen LogP contribution in [0.25, 0.3) is 0 Å². The summed E-state index contributed by atoms with van der Waals surface area (Å²) >= 11 is 1.73. The normalized spacial score (nSPS) is 17.5. The van der Waals surface area contributed by atoms with Gasteiger partial charge in [0.1, 0.15) is 0 Å². The molecule has 2 N–H and O–H groups in total. The Morgan fingerprint density at radius 1 is 1.60 bits per heavy atom. The fourth-order valence-corrected chi connectivity index (χ4v) is 2.55. The highest BCUT2D eigenvalue weighted by atomic mass is 32.1. The van der Waals surface area contributed by atoms with Crippen molar-refractivity contribution in [2.75, 3.05) is 7.05 Å². The Balaban J connectivity index is 1.97. The number of aryl methyl sites for hydroxylation is 1. The van der Waals surface area contributed by atoms with E-state index in [0.29, 0.717) is 6.54 Å². The number of hydrogen-bond donors (Lipinski definition) is 1. The van der Waals surface area contributed by atoms with Crippen molar-refractivity contribution in [3.63, 3.8) is 0 Å². The molecule has 2 rings (SSSR count). The number of nitrogens with two attached hydrogens (primary N) is 1. The van der Waals surface area contributed by atoms with Crippen molar-refractivity contribution in [1.29, 1.82) is 0 Å². The standard InChI is InChI=1S/C11H16N2OS/c1-8-3-4-9(15-8)7-13(2)10(14)11(12)5-6-11/h3-4H,5-7,12H2,1-2H3. The van der Waals surface area contributed by atoms with Crippen LogP contribution in [0.5, 0.6) is 0 Å². The molecule has 0 atom stereocenters. The Labute approximate surface area is 93.9 Å². The second-order valence-corrected chi connectivity index (χ2v) is 5.70. The van der Waals surface area contributed by atoms with Gasteiger partial charge in [0.05, 0.1) is 12.1 Å². The number of nitrogens with zero attached hydrogens (tertiary/aromatic N) is 1. The first kappa shape index (κ1) is 10.6. The SMILES string of the molecule is Cc1ccc(CN(C)C(=O)C2(N)CC2)s1. The zero-order valence-corrected chi connectivity index (χ0v) is 9.93. The van der Waals surface area contributed by atoms with E-state index in [1.165, 1.54) is 9.75 Å². The molecule has 0 aromatic carbocycles. The lowest BCUT2D eigenvalue weighted by atomic mass is 10.2. The van der Waals surface area contributed by atoms with Gasteiger partial charge < -0.3 is 10.6 Å². The van der Waals surface area contributed by atoms with Gasteiger partial charge in [-0.05, 0) is 31.9 Å². The fraction of sp³-hybridized carbons (Fsp3) is 0.545. The molecule has 1 aromatic rings. The van der Waals surface area contributed by atoms with E-state index in [1.54, 1.807) is 16.2 Å². The Bertz CT molecular complexity index is 382. The number of likely N-dealkylation sites (N-methyl/N-ethyl adjacent to an activating group) is 1. The largest absolute Gasteiger partial charge is 0.339 e. The molecule has 82 valence electrons. The summed E-state index contributed by atoms with van der Waals surface area (Å²) in [4.78, 5) is 16.1. The van der Waals surface area contributed by atoms with Crippen LogP contribution in [0, 0.1) is 6.92 Å². The quantitative estimate of drug-likeness (QED) is 0.846. The van der Waals surface area contributed by atoms with Gasteiger partial charge in [-0.25, -0.2) is 0 Å². The van der Waals surface area contributed by atoms with Crippen LogP contribution in [0.1, 0.15) is 22.6 Å². The van der Waals surface area contributed by atoms with Crippen molar-refractivity contribution in [3.05, 3.63) is 21.9 Å². The highest BCUT2D eigenvalue weighted by Crippen LogP contribution is 2.34. The van der Waals surface area contributed by atoms with Gasteiger partial charge in [-0.3, -0.25) is 4.79 Å². The first-order valence-electron chi connectivity index (χ1n) is 5.11. The average Bonchev–Trinajstić information content (AvgIpc) is 2.80. The van der Waals surface area contributed by atoms with Crippen molar-refractivity contribution < 1.29 is 4.79 Å². The smallest absolute Gasteiger partial charge is 0.242 e. The van der Waals surface area contributed by atoms with E-state index in [-0.39, 0.29) is 5.91 Å². The van der Waals surface area contributed by atoms with Gasteiger partial charge in [0.2, 0.25) is 5.91 Å². The molecule has 0 unspecified atom stereocenters. The van der Waals surface area contributed by atoms with Gasteiger partial charge in [0, 0.05) is 16.8 Å². The molecule has 1 aliphatic carbocycles. The molecule has 1 fully saturated rings. The molecule has 1 heterocycles. The Morgan fingerprint density at radius 2 is 2.27 bits per heavy atom. The zero-order valence-electron chi connectivity index (χ0n) is 9.12. The summed E-state index contributed by atoms with van der Waals surface area (Å²) in [6.07, 6.45) is 1.67. The van der Waals surface area contributed by atoms with E-state index in [0.717, 1.165) is 12.8 Å². The first-order valence-corrected chi connectivity index (χ1v) is 5.93. The van der Waals surface area contributed by atoms with Crippen LogP contribution in [-0.4, -0.2) is 23.4 Å². The van der Waals surface area contributed by atoms with Gasteiger partial charge in [-0.15, -0.1) is 11.3 Å². The lowest BCUT2D eigenvalue weighted by Gasteiger charge is -2.20. The molecule has 4 heteroatoms. The second kappa shape index (κ2) is 3.61. The summed E-state index contributed by atoms with van der Waals surface area (Å²) in [7, 11) is 1.82. The third-order valence-corrected chi connectivity index (χ3v) is 3.74. The molecule has 0 bridgehead atoms. The number of hydrogen-bond acceptors (Lipinski definition) is 3. The maximum absolute atomic E-state index is 11.8. The third-order valence-electron chi connectivity index (χ3n) is 2.75. The number of carbonyl (C=O) groups is 1.